The quantitative estimate of drug-likeness (QED) is 0.0222. The molecule has 0 aromatic heterocycles. The molecular formula is C81H158O17P2. The molecule has 0 rings (SSSR count). The van der Waals surface area contributed by atoms with Crippen molar-refractivity contribution >= 4 is 39.5 Å². The van der Waals surface area contributed by atoms with E-state index in [9.17, 15) is 43.2 Å². The summed E-state index contributed by atoms with van der Waals surface area (Å²) in [6.45, 7) is 14.3. The monoisotopic (exact) mass is 1470 g/mol. The van der Waals surface area contributed by atoms with Gasteiger partial charge in [-0.1, -0.05) is 364 Å². The van der Waals surface area contributed by atoms with Gasteiger partial charge in [0.05, 0.1) is 26.4 Å². The van der Waals surface area contributed by atoms with E-state index in [-0.39, 0.29) is 25.7 Å². The Morgan fingerprint density at radius 2 is 0.480 bits per heavy atom. The molecule has 0 spiro atoms. The average molecular weight is 1470 g/mol. The van der Waals surface area contributed by atoms with Crippen molar-refractivity contribution in [3.63, 3.8) is 0 Å². The van der Waals surface area contributed by atoms with Crippen LogP contribution in [0.5, 0.6) is 0 Å². The van der Waals surface area contributed by atoms with Gasteiger partial charge < -0.3 is 33.8 Å². The van der Waals surface area contributed by atoms with E-state index in [0.29, 0.717) is 25.7 Å². The Morgan fingerprint density at radius 3 is 0.710 bits per heavy atom. The molecule has 0 aromatic carbocycles. The van der Waals surface area contributed by atoms with Crippen molar-refractivity contribution in [1.82, 2.24) is 0 Å². The molecular weight excluding hydrogens is 1310 g/mol. The van der Waals surface area contributed by atoms with Crippen molar-refractivity contribution in [2.75, 3.05) is 39.6 Å². The van der Waals surface area contributed by atoms with E-state index in [0.717, 1.165) is 120 Å². The molecule has 594 valence electrons. The molecule has 0 fully saturated rings. The average Bonchev–Trinajstić information content (AvgIpc) is 0.947. The second-order valence-corrected chi connectivity index (χ2v) is 33.5. The van der Waals surface area contributed by atoms with Crippen LogP contribution in [0.15, 0.2) is 0 Å². The summed E-state index contributed by atoms with van der Waals surface area (Å²) >= 11 is 0. The molecule has 7 atom stereocenters. The lowest BCUT2D eigenvalue weighted by Gasteiger charge is -2.21. The minimum atomic E-state index is -4.96. The first-order chi connectivity index (χ1) is 48.2. The fourth-order valence-corrected chi connectivity index (χ4v) is 13.9. The van der Waals surface area contributed by atoms with Crippen molar-refractivity contribution in [3.8, 4) is 0 Å². The second-order valence-electron chi connectivity index (χ2n) is 30.6. The Bertz CT molecular complexity index is 1960. The van der Waals surface area contributed by atoms with Gasteiger partial charge in [-0.05, 0) is 49.4 Å². The Morgan fingerprint density at radius 1 is 0.280 bits per heavy atom. The van der Waals surface area contributed by atoms with Crippen molar-refractivity contribution < 1.29 is 80.2 Å². The van der Waals surface area contributed by atoms with Gasteiger partial charge >= 0.3 is 39.5 Å². The number of rotatable bonds is 78. The lowest BCUT2D eigenvalue weighted by molar-refractivity contribution is -0.161. The molecule has 3 N–H and O–H groups in total. The number of aliphatic hydroxyl groups is 1. The van der Waals surface area contributed by atoms with E-state index in [2.05, 4.69) is 55.4 Å². The number of hydrogen-bond acceptors (Lipinski definition) is 15. The molecule has 19 heteroatoms. The van der Waals surface area contributed by atoms with Crippen molar-refractivity contribution in [1.29, 1.82) is 0 Å². The van der Waals surface area contributed by atoms with E-state index >= 15 is 0 Å². The zero-order chi connectivity index (χ0) is 73.8. The summed E-state index contributed by atoms with van der Waals surface area (Å²) < 4.78 is 68.7. The molecule has 0 saturated carbocycles. The number of phosphoric acid groups is 2. The number of unbranched alkanes of at least 4 members (excludes halogenated alkanes) is 42. The minimum Gasteiger partial charge on any atom is -0.462 e. The Kier molecular flexibility index (Phi) is 68.7. The molecule has 0 saturated heterocycles. The Hall–Kier alpha value is -1.94. The highest BCUT2D eigenvalue weighted by molar-refractivity contribution is 7.47. The zero-order valence-electron chi connectivity index (χ0n) is 65.8. The Balaban J connectivity index is 5.22. The van der Waals surface area contributed by atoms with Gasteiger partial charge in [-0.3, -0.25) is 37.3 Å². The van der Waals surface area contributed by atoms with E-state index in [1.807, 2.05) is 0 Å². The van der Waals surface area contributed by atoms with E-state index in [1.54, 1.807) is 0 Å². The van der Waals surface area contributed by atoms with Crippen LogP contribution in [0, 0.1) is 23.7 Å². The summed E-state index contributed by atoms with van der Waals surface area (Å²) in [5, 5.41) is 10.6. The fraction of sp³-hybridized carbons (Fsp3) is 0.951. The summed E-state index contributed by atoms with van der Waals surface area (Å²) in [7, 11) is -9.92. The summed E-state index contributed by atoms with van der Waals surface area (Å²) in [6.07, 6.45) is 56.9. The molecule has 0 radical (unpaired) electrons. The van der Waals surface area contributed by atoms with Gasteiger partial charge in [-0.25, -0.2) is 9.13 Å². The third kappa shape index (κ3) is 71.7. The molecule has 0 aromatic rings. The number of phosphoric ester groups is 2. The lowest BCUT2D eigenvalue weighted by atomic mass is 9.99. The van der Waals surface area contributed by atoms with Gasteiger partial charge in [0.15, 0.2) is 12.2 Å². The van der Waals surface area contributed by atoms with Gasteiger partial charge in [0.2, 0.25) is 0 Å². The molecule has 0 heterocycles. The summed E-state index contributed by atoms with van der Waals surface area (Å²) in [4.78, 5) is 73.0. The number of aliphatic hydroxyl groups excluding tert-OH is 1. The Labute approximate surface area is 613 Å². The number of carbonyl (C=O) groups excluding carboxylic acids is 4. The van der Waals surface area contributed by atoms with Crippen molar-refractivity contribution in [2.45, 2.75) is 433 Å². The first-order valence-electron chi connectivity index (χ1n) is 41.8. The third-order valence-corrected chi connectivity index (χ3v) is 21.4. The lowest BCUT2D eigenvalue weighted by Crippen LogP contribution is -2.30. The highest BCUT2D eigenvalue weighted by atomic mass is 31.2. The summed E-state index contributed by atoms with van der Waals surface area (Å²) in [6, 6.07) is 0. The molecule has 100 heavy (non-hydrogen) atoms. The van der Waals surface area contributed by atoms with Crippen LogP contribution in [0.4, 0.5) is 0 Å². The zero-order valence-corrected chi connectivity index (χ0v) is 67.6. The second kappa shape index (κ2) is 70.1. The van der Waals surface area contributed by atoms with Crippen molar-refractivity contribution in [3.05, 3.63) is 0 Å². The van der Waals surface area contributed by atoms with Crippen LogP contribution in [-0.4, -0.2) is 96.7 Å². The number of ether oxygens (including phenoxy) is 4. The highest BCUT2D eigenvalue weighted by Crippen LogP contribution is 2.45. The minimum absolute atomic E-state index is 0.106. The van der Waals surface area contributed by atoms with Crippen LogP contribution in [0.25, 0.3) is 0 Å². The SMILES string of the molecule is CCC(C)CCCCCCCCCCCCC(=O)OC[C@H](COP(=O)(O)OC[C@@H](O)COP(=O)(O)OC[C@@H](COC(=O)CCCCCCCCC(C)CC)OC(=O)CCCCCCCCCCCCCCCCCCCCC(C)C)OC(=O)CCCCCCCCCCCCCCC(C)C. The van der Waals surface area contributed by atoms with Crippen LogP contribution < -0.4 is 0 Å². The van der Waals surface area contributed by atoms with Crippen LogP contribution in [0.1, 0.15) is 415 Å². The van der Waals surface area contributed by atoms with E-state index < -0.39 is 97.5 Å². The highest BCUT2D eigenvalue weighted by Gasteiger charge is 2.30. The molecule has 4 unspecified atom stereocenters. The van der Waals surface area contributed by atoms with Gasteiger partial charge in [0.1, 0.15) is 19.3 Å². The molecule has 0 aliphatic carbocycles. The molecule has 0 aliphatic rings. The number of carbonyl (C=O) groups is 4. The number of esters is 4. The smallest absolute Gasteiger partial charge is 0.462 e. The predicted octanol–water partition coefficient (Wildman–Crippen LogP) is 24.0. The largest absolute Gasteiger partial charge is 0.472 e. The predicted molar refractivity (Wildman–Crippen MR) is 409 cm³/mol. The van der Waals surface area contributed by atoms with Gasteiger partial charge in [0.25, 0.3) is 0 Å². The molecule has 0 amide bonds. The molecule has 0 bridgehead atoms. The van der Waals surface area contributed by atoms with Crippen molar-refractivity contribution in [2.24, 2.45) is 23.7 Å². The van der Waals surface area contributed by atoms with E-state index in [1.165, 1.54) is 212 Å². The summed E-state index contributed by atoms with van der Waals surface area (Å²) in [5.41, 5.74) is 0. The van der Waals surface area contributed by atoms with Gasteiger partial charge in [-0.15, -0.1) is 0 Å². The van der Waals surface area contributed by atoms with Gasteiger partial charge in [-0.2, -0.15) is 0 Å². The van der Waals surface area contributed by atoms with Crippen LogP contribution >= 0.6 is 15.6 Å². The number of hydrogen-bond donors (Lipinski definition) is 3. The van der Waals surface area contributed by atoms with Crippen LogP contribution in [0.3, 0.4) is 0 Å². The topological polar surface area (TPSA) is 237 Å². The van der Waals surface area contributed by atoms with E-state index in [4.69, 9.17) is 37.0 Å². The standard InChI is InChI=1S/C81H158O17P2/c1-9-73(7)59-51-43-35-29-25-26-30-36-45-53-61-78(83)91-67-76(97-80(85)64-56-48-38-32-24-20-19-22-28-34-42-50-58-72(5)6)69-95-99(87,88)93-65-75(82)66-94-100(89,90)96-70-77(68-92-79(84)62-54-46-40-39-44-52-60-74(8)10-2)98-81(86)63-55-47-37-31-23-18-16-14-12-11-13-15-17-21-27-33-41-49-57-71(3)4/h71-77,82H,9-70H2,1-8H3,(H,87,88)(H,89,90)/t73?,74?,75-,76-,77-/m1/s1. The van der Waals surface area contributed by atoms with Crippen LogP contribution in [-0.2, 0) is 65.4 Å². The first kappa shape index (κ1) is 98.1. The van der Waals surface area contributed by atoms with Crippen LogP contribution in [0.2, 0.25) is 0 Å². The normalized spacial score (nSPS) is 14.6. The summed E-state index contributed by atoms with van der Waals surface area (Å²) in [5.74, 6) is 1.02. The fourth-order valence-electron chi connectivity index (χ4n) is 12.4. The maximum absolute atomic E-state index is 13.1. The maximum atomic E-state index is 13.1. The first-order valence-corrected chi connectivity index (χ1v) is 44.8. The molecule has 0 aliphatic heterocycles. The maximum Gasteiger partial charge on any atom is 0.472 e. The molecule has 17 nitrogen and oxygen atoms in total. The third-order valence-electron chi connectivity index (χ3n) is 19.5. The van der Waals surface area contributed by atoms with Gasteiger partial charge in [0, 0.05) is 25.7 Å².